The summed E-state index contributed by atoms with van der Waals surface area (Å²) in [5, 5.41) is 9.37. The lowest BCUT2D eigenvalue weighted by Crippen LogP contribution is -2.26. The highest BCUT2D eigenvalue weighted by atomic mass is 35.5. The normalized spacial score (nSPS) is 20.6. The second-order valence-electron chi connectivity index (χ2n) is 4.03. The van der Waals surface area contributed by atoms with E-state index in [9.17, 15) is 23.1 Å². The lowest BCUT2D eigenvalue weighted by Gasteiger charge is -2.19. The maximum atomic E-state index is 12.6. The molecule has 1 aromatic rings. The van der Waals surface area contributed by atoms with Gasteiger partial charge in [-0.3, -0.25) is 4.79 Å². The fraction of sp³-hybridized carbons (Fsp3) is 0.364. The number of benzene rings is 1. The van der Waals surface area contributed by atoms with E-state index in [0.29, 0.717) is 0 Å². The molecule has 0 saturated carbocycles. The van der Waals surface area contributed by atoms with Gasteiger partial charge in [-0.2, -0.15) is 13.2 Å². The highest BCUT2D eigenvalue weighted by Gasteiger charge is 2.34. The number of amides is 1. The molecule has 98 valence electrons. The van der Waals surface area contributed by atoms with Crippen molar-refractivity contribution in [3.05, 3.63) is 28.8 Å². The van der Waals surface area contributed by atoms with Gasteiger partial charge in [0.25, 0.3) is 0 Å². The zero-order valence-corrected chi connectivity index (χ0v) is 9.79. The molecule has 1 atom stereocenters. The highest BCUT2D eigenvalue weighted by Crippen LogP contribution is 2.36. The van der Waals surface area contributed by atoms with Gasteiger partial charge in [0.1, 0.15) is 0 Å². The van der Waals surface area contributed by atoms with Crippen LogP contribution in [0.2, 0.25) is 5.02 Å². The second-order valence-corrected chi connectivity index (χ2v) is 4.43. The number of hydrogen-bond acceptors (Lipinski definition) is 2. The minimum atomic E-state index is -4.50. The first-order valence-corrected chi connectivity index (χ1v) is 5.52. The van der Waals surface area contributed by atoms with Crippen LogP contribution in [-0.2, 0) is 11.0 Å². The van der Waals surface area contributed by atoms with E-state index in [1.807, 2.05) is 0 Å². The first-order chi connectivity index (χ1) is 8.29. The smallest absolute Gasteiger partial charge is 0.391 e. The topological polar surface area (TPSA) is 40.5 Å². The summed E-state index contributed by atoms with van der Waals surface area (Å²) < 4.78 is 37.7. The molecule has 1 amide bonds. The molecule has 1 aliphatic rings. The summed E-state index contributed by atoms with van der Waals surface area (Å²) in [4.78, 5) is 12.6. The molecule has 1 heterocycles. The van der Waals surface area contributed by atoms with Crippen molar-refractivity contribution in [1.29, 1.82) is 0 Å². The van der Waals surface area contributed by atoms with Crippen LogP contribution in [0, 0.1) is 0 Å². The number of rotatable bonds is 1. The summed E-state index contributed by atoms with van der Waals surface area (Å²) in [5.74, 6) is -0.441. The average molecular weight is 280 g/mol. The molecule has 0 aliphatic carbocycles. The first kappa shape index (κ1) is 13.2. The molecule has 1 N–H and O–H groups in total. The van der Waals surface area contributed by atoms with Gasteiger partial charge in [-0.1, -0.05) is 11.6 Å². The van der Waals surface area contributed by atoms with E-state index in [2.05, 4.69) is 0 Å². The van der Waals surface area contributed by atoms with Crippen LogP contribution in [0.3, 0.4) is 0 Å². The Kier molecular flexibility index (Phi) is 3.25. The molecule has 1 fully saturated rings. The number of halogens is 4. The zero-order valence-electron chi connectivity index (χ0n) is 9.04. The molecule has 1 aromatic carbocycles. The fourth-order valence-corrected chi connectivity index (χ4v) is 2.04. The Hall–Kier alpha value is -1.27. The van der Waals surface area contributed by atoms with Crippen LogP contribution in [0.15, 0.2) is 18.2 Å². The Balaban J connectivity index is 2.41. The number of anilines is 1. The van der Waals surface area contributed by atoms with Crippen LogP contribution in [0.5, 0.6) is 0 Å². The predicted molar refractivity (Wildman–Crippen MR) is 59.4 cm³/mol. The van der Waals surface area contributed by atoms with Crippen molar-refractivity contribution in [2.45, 2.75) is 18.7 Å². The third kappa shape index (κ3) is 2.44. The van der Waals surface area contributed by atoms with Crippen molar-refractivity contribution in [2.75, 3.05) is 11.4 Å². The quantitative estimate of drug-likeness (QED) is 0.858. The lowest BCUT2D eigenvalue weighted by atomic mass is 10.2. The van der Waals surface area contributed by atoms with E-state index in [-0.39, 0.29) is 23.7 Å². The van der Waals surface area contributed by atoms with Gasteiger partial charge in [-0.05, 0) is 18.2 Å². The molecule has 2 rings (SSSR count). The van der Waals surface area contributed by atoms with Crippen molar-refractivity contribution < 1.29 is 23.1 Å². The standard InChI is InChI=1S/C11H9ClF3NO2/c12-8-2-1-6(11(13,14)15)3-9(8)16-5-7(17)4-10(16)18/h1-3,7,17H,4-5H2. The van der Waals surface area contributed by atoms with Crippen LogP contribution in [0.4, 0.5) is 18.9 Å². The van der Waals surface area contributed by atoms with Gasteiger partial charge in [-0.15, -0.1) is 0 Å². The molecule has 18 heavy (non-hydrogen) atoms. The minimum Gasteiger partial charge on any atom is -0.391 e. The second kappa shape index (κ2) is 4.44. The van der Waals surface area contributed by atoms with Crippen molar-refractivity contribution >= 4 is 23.2 Å². The molecule has 0 spiro atoms. The maximum Gasteiger partial charge on any atom is 0.416 e. The van der Waals surface area contributed by atoms with E-state index < -0.39 is 23.8 Å². The molecule has 0 radical (unpaired) electrons. The molecular weight excluding hydrogens is 271 g/mol. The molecule has 0 aromatic heterocycles. The van der Waals surface area contributed by atoms with Gasteiger partial charge < -0.3 is 10.0 Å². The van der Waals surface area contributed by atoms with E-state index in [1.165, 1.54) is 0 Å². The number of nitrogens with zero attached hydrogens (tertiary/aromatic N) is 1. The van der Waals surface area contributed by atoms with Crippen molar-refractivity contribution in [2.24, 2.45) is 0 Å². The number of carbonyl (C=O) groups is 1. The summed E-state index contributed by atoms with van der Waals surface area (Å²) in [6.45, 7) is -0.0418. The molecule has 1 aliphatic heterocycles. The highest BCUT2D eigenvalue weighted by molar-refractivity contribution is 6.33. The number of aliphatic hydroxyl groups is 1. The summed E-state index contributed by atoms with van der Waals surface area (Å²) in [7, 11) is 0. The number of alkyl halides is 3. The van der Waals surface area contributed by atoms with Gasteiger partial charge >= 0.3 is 6.18 Å². The summed E-state index contributed by atoms with van der Waals surface area (Å²) in [5.41, 5.74) is -0.899. The van der Waals surface area contributed by atoms with Gasteiger partial charge in [-0.25, -0.2) is 0 Å². The van der Waals surface area contributed by atoms with Crippen LogP contribution in [0.25, 0.3) is 0 Å². The van der Waals surface area contributed by atoms with Gasteiger partial charge in [0, 0.05) is 0 Å². The van der Waals surface area contributed by atoms with Gasteiger partial charge in [0.15, 0.2) is 0 Å². The fourth-order valence-electron chi connectivity index (χ4n) is 1.82. The molecule has 0 bridgehead atoms. The van der Waals surface area contributed by atoms with E-state index in [0.717, 1.165) is 23.1 Å². The Morgan fingerprint density at radius 2 is 2.06 bits per heavy atom. The van der Waals surface area contributed by atoms with E-state index >= 15 is 0 Å². The van der Waals surface area contributed by atoms with E-state index in [1.54, 1.807) is 0 Å². The lowest BCUT2D eigenvalue weighted by molar-refractivity contribution is -0.137. The monoisotopic (exact) mass is 279 g/mol. The summed E-state index contributed by atoms with van der Waals surface area (Å²) in [6, 6.07) is 2.76. The third-order valence-corrected chi connectivity index (χ3v) is 2.99. The summed E-state index contributed by atoms with van der Waals surface area (Å²) >= 11 is 5.80. The Morgan fingerprint density at radius 1 is 1.39 bits per heavy atom. The maximum absolute atomic E-state index is 12.6. The summed E-state index contributed by atoms with van der Waals surface area (Å²) in [6.07, 6.45) is -5.48. The van der Waals surface area contributed by atoms with Gasteiger partial charge in [0.2, 0.25) is 5.91 Å². The predicted octanol–water partition coefficient (Wildman–Crippen LogP) is 2.46. The zero-order chi connectivity index (χ0) is 13.5. The third-order valence-electron chi connectivity index (χ3n) is 2.67. The Labute approximate surface area is 106 Å². The molecular formula is C11H9ClF3NO2. The Morgan fingerprint density at radius 3 is 2.56 bits per heavy atom. The number of hydrogen-bond donors (Lipinski definition) is 1. The van der Waals surface area contributed by atoms with Crippen LogP contribution >= 0.6 is 11.6 Å². The average Bonchev–Trinajstić information content (AvgIpc) is 2.56. The minimum absolute atomic E-state index is 0.0203. The van der Waals surface area contributed by atoms with E-state index in [4.69, 9.17) is 11.6 Å². The van der Waals surface area contributed by atoms with Crippen LogP contribution < -0.4 is 4.90 Å². The van der Waals surface area contributed by atoms with Crippen LogP contribution in [0.1, 0.15) is 12.0 Å². The molecule has 7 heteroatoms. The number of carbonyl (C=O) groups excluding carboxylic acids is 1. The Bertz CT molecular complexity index is 490. The largest absolute Gasteiger partial charge is 0.416 e. The van der Waals surface area contributed by atoms with Crippen molar-refractivity contribution in [3.63, 3.8) is 0 Å². The van der Waals surface area contributed by atoms with Crippen molar-refractivity contribution in [3.8, 4) is 0 Å². The SMILES string of the molecule is O=C1CC(O)CN1c1cc(C(F)(F)F)ccc1Cl. The molecule has 3 nitrogen and oxygen atoms in total. The van der Waals surface area contributed by atoms with Crippen molar-refractivity contribution in [1.82, 2.24) is 0 Å². The molecule has 1 saturated heterocycles. The number of aliphatic hydroxyl groups excluding tert-OH is 1. The van der Waals surface area contributed by atoms with Gasteiger partial charge in [0.05, 0.1) is 35.3 Å². The first-order valence-electron chi connectivity index (χ1n) is 5.14. The number of β-amino-alcohol motifs (C(OH)–C–C–N with tert-alkyl or cyclic N) is 1. The van der Waals surface area contributed by atoms with Crippen LogP contribution in [-0.4, -0.2) is 23.7 Å². The molecule has 1 unspecified atom stereocenters.